The van der Waals surface area contributed by atoms with Gasteiger partial charge >= 0.3 is 0 Å². The molecule has 1 aliphatic carbocycles. The van der Waals surface area contributed by atoms with Gasteiger partial charge in [-0.2, -0.15) is 0 Å². The molecule has 10 nitrogen and oxygen atoms in total. The van der Waals surface area contributed by atoms with Crippen molar-refractivity contribution >= 4 is 46.1 Å². The topological polar surface area (TPSA) is 109 Å². The monoisotopic (exact) mass is 624 g/mol. The number of halogens is 1. The van der Waals surface area contributed by atoms with Gasteiger partial charge in [0.05, 0.1) is 11.5 Å². The first kappa shape index (κ1) is 30.9. The van der Waals surface area contributed by atoms with Crippen molar-refractivity contribution in [1.29, 1.82) is 0 Å². The molecule has 238 valence electrons. The van der Waals surface area contributed by atoms with Crippen LogP contribution in [0.4, 0.5) is 0 Å². The van der Waals surface area contributed by atoms with Crippen molar-refractivity contribution in [3.8, 4) is 0 Å². The molecule has 4 aliphatic rings. The highest BCUT2D eigenvalue weighted by Crippen LogP contribution is 2.52. The zero-order valence-electron chi connectivity index (χ0n) is 26.2. The second kappa shape index (κ2) is 12.4. The summed E-state index contributed by atoms with van der Waals surface area (Å²) in [5, 5.41) is 4.67. The molecule has 3 aliphatic heterocycles. The third kappa shape index (κ3) is 5.60. The van der Waals surface area contributed by atoms with E-state index in [9.17, 15) is 19.2 Å². The summed E-state index contributed by atoms with van der Waals surface area (Å²) in [6.07, 6.45) is 4.34. The fraction of sp³-hybridized carbons (Fsp3) is 0.636. The maximum absolute atomic E-state index is 14.6. The van der Waals surface area contributed by atoms with Gasteiger partial charge in [0.2, 0.25) is 23.6 Å². The molecule has 2 N–H and O–H groups in total. The molecular formula is C33H45ClN6O4. The Morgan fingerprint density at radius 1 is 1.07 bits per heavy atom. The van der Waals surface area contributed by atoms with E-state index in [1.165, 1.54) is 0 Å². The number of hydrogen-bond donors (Lipinski definition) is 2. The lowest BCUT2D eigenvalue weighted by atomic mass is 9.65. The molecule has 1 saturated carbocycles. The second-order valence-electron chi connectivity index (χ2n) is 13.3. The van der Waals surface area contributed by atoms with E-state index in [1.807, 2.05) is 47.0 Å². The molecule has 1 aromatic heterocycles. The molecule has 0 bridgehead atoms. The number of nitrogens with zero attached hydrogens (tertiary/aromatic N) is 4. The van der Waals surface area contributed by atoms with Gasteiger partial charge in [0, 0.05) is 79.1 Å². The van der Waals surface area contributed by atoms with E-state index < -0.39 is 17.4 Å². The van der Waals surface area contributed by atoms with Crippen LogP contribution in [0.3, 0.4) is 0 Å². The van der Waals surface area contributed by atoms with Crippen LogP contribution in [-0.2, 0) is 31.1 Å². The molecule has 4 amide bonds. The Labute approximate surface area is 264 Å². The van der Waals surface area contributed by atoms with Crippen LogP contribution in [0.2, 0.25) is 5.02 Å². The van der Waals surface area contributed by atoms with Crippen LogP contribution < -0.4 is 5.32 Å². The average Bonchev–Trinajstić information content (AvgIpc) is 3.80. The summed E-state index contributed by atoms with van der Waals surface area (Å²) >= 11 is 6.41. The Morgan fingerprint density at radius 2 is 1.77 bits per heavy atom. The van der Waals surface area contributed by atoms with E-state index in [1.54, 1.807) is 0 Å². The van der Waals surface area contributed by atoms with Crippen LogP contribution >= 0.6 is 11.6 Å². The smallest absolute Gasteiger partial charge is 0.228 e. The Kier molecular flexibility index (Phi) is 8.67. The van der Waals surface area contributed by atoms with Crippen molar-refractivity contribution in [2.45, 2.75) is 57.4 Å². The lowest BCUT2D eigenvalue weighted by Crippen LogP contribution is -2.66. The number of carbonyl (C=O) groups excluding carboxylic acids is 4. The largest absolute Gasteiger partial charge is 0.356 e. The number of amides is 4. The second-order valence-corrected chi connectivity index (χ2v) is 13.7. The van der Waals surface area contributed by atoms with Gasteiger partial charge in [0.1, 0.15) is 0 Å². The standard InChI is InChI=1S/C33H45ClN6O4/c1-4-33-26(32(44)39-16-14-38(15-17-39)30(42)21-6-7-21)18-22(19-28(41)35-11-5-12-37(2)3)31(43)40(33)13-10-24-25-20-23(34)8-9-27(25)36-29(24)33/h8-9,20-22,26,36H,4-7,10-19H2,1-3H3,(H,35,41)/t22-,26-,33+/m1/s1. The molecule has 6 rings (SSSR count). The summed E-state index contributed by atoms with van der Waals surface area (Å²) in [7, 11) is 3.99. The maximum Gasteiger partial charge on any atom is 0.228 e. The minimum atomic E-state index is -0.854. The summed E-state index contributed by atoms with van der Waals surface area (Å²) in [5.74, 6) is -0.931. The van der Waals surface area contributed by atoms with Gasteiger partial charge in [-0.25, -0.2) is 0 Å². The molecule has 3 fully saturated rings. The Bertz CT molecular complexity index is 1450. The van der Waals surface area contributed by atoms with Crippen LogP contribution in [0.25, 0.3) is 10.9 Å². The third-order valence-electron chi connectivity index (χ3n) is 10.3. The van der Waals surface area contributed by atoms with E-state index in [-0.39, 0.29) is 36.0 Å². The number of piperazine rings is 1. The number of nitrogens with one attached hydrogen (secondary N) is 2. The zero-order chi connectivity index (χ0) is 31.2. The molecule has 11 heteroatoms. The Balaban J connectivity index is 1.30. The van der Waals surface area contributed by atoms with Crippen molar-refractivity contribution in [3.05, 3.63) is 34.5 Å². The molecule has 1 aromatic carbocycles. The van der Waals surface area contributed by atoms with Gasteiger partial charge in [-0.15, -0.1) is 0 Å². The summed E-state index contributed by atoms with van der Waals surface area (Å²) in [6.45, 7) is 5.97. The minimum absolute atomic E-state index is 0.00352. The third-order valence-corrected chi connectivity index (χ3v) is 10.5. The molecule has 0 radical (unpaired) electrons. The highest BCUT2D eigenvalue weighted by atomic mass is 35.5. The van der Waals surface area contributed by atoms with E-state index in [4.69, 9.17) is 11.6 Å². The van der Waals surface area contributed by atoms with Gasteiger partial charge in [-0.05, 0) is 82.9 Å². The van der Waals surface area contributed by atoms with Gasteiger partial charge in [-0.1, -0.05) is 18.5 Å². The highest BCUT2D eigenvalue weighted by molar-refractivity contribution is 6.31. The number of carbonyl (C=O) groups is 4. The molecule has 3 atom stereocenters. The summed E-state index contributed by atoms with van der Waals surface area (Å²) in [5.41, 5.74) is 2.12. The molecule has 2 saturated heterocycles. The first-order valence-electron chi connectivity index (χ1n) is 16.2. The fourth-order valence-corrected chi connectivity index (χ4v) is 8.01. The van der Waals surface area contributed by atoms with Crippen molar-refractivity contribution < 1.29 is 19.2 Å². The van der Waals surface area contributed by atoms with Gasteiger partial charge in [-0.3, -0.25) is 19.2 Å². The highest BCUT2D eigenvalue weighted by Gasteiger charge is 2.59. The molecule has 2 aromatic rings. The average molecular weight is 625 g/mol. The summed E-state index contributed by atoms with van der Waals surface area (Å²) in [6, 6.07) is 5.78. The van der Waals surface area contributed by atoms with Crippen molar-refractivity contribution in [1.82, 2.24) is 29.9 Å². The fourth-order valence-electron chi connectivity index (χ4n) is 7.84. The van der Waals surface area contributed by atoms with Gasteiger partial charge < -0.3 is 29.9 Å². The number of rotatable bonds is 9. The molecule has 4 heterocycles. The summed E-state index contributed by atoms with van der Waals surface area (Å²) in [4.78, 5) is 66.0. The van der Waals surface area contributed by atoms with Gasteiger partial charge in [0.25, 0.3) is 0 Å². The molecular weight excluding hydrogens is 580 g/mol. The van der Waals surface area contributed by atoms with Crippen molar-refractivity contribution in [3.63, 3.8) is 0 Å². The SMILES string of the molecule is CC[C@]12c3[nH]c4ccc(Cl)cc4c3CCN1C(=O)[C@@H](CC(=O)NCCCN(C)C)C[C@@H]2C(=O)N1CCN(C(=O)C2CC2)CC1. The maximum atomic E-state index is 14.6. The first-order valence-corrected chi connectivity index (χ1v) is 16.6. The Morgan fingerprint density at radius 3 is 2.43 bits per heavy atom. The normalized spacial score (nSPS) is 25.3. The molecule has 44 heavy (non-hydrogen) atoms. The van der Waals surface area contributed by atoms with E-state index in [0.717, 1.165) is 48.0 Å². The first-order chi connectivity index (χ1) is 21.1. The van der Waals surface area contributed by atoms with E-state index in [2.05, 4.69) is 22.1 Å². The number of benzene rings is 1. The number of piperidine rings is 1. The van der Waals surface area contributed by atoms with Crippen LogP contribution in [-0.4, -0.2) is 108 Å². The lowest BCUT2D eigenvalue weighted by molar-refractivity contribution is -0.167. The minimum Gasteiger partial charge on any atom is -0.356 e. The number of aromatic amines is 1. The summed E-state index contributed by atoms with van der Waals surface area (Å²) < 4.78 is 0. The number of aromatic nitrogens is 1. The van der Waals surface area contributed by atoms with Crippen molar-refractivity contribution in [2.24, 2.45) is 17.8 Å². The predicted octanol–water partition coefficient (Wildman–Crippen LogP) is 2.99. The van der Waals surface area contributed by atoms with E-state index in [0.29, 0.717) is 63.6 Å². The van der Waals surface area contributed by atoms with Crippen LogP contribution in [0, 0.1) is 17.8 Å². The van der Waals surface area contributed by atoms with Crippen LogP contribution in [0.15, 0.2) is 18.2 Å². The number of fused-ring (bicyclic) bond motifs is 5. The lowest BCUT2D eigenvalue weighted by Gasteiger charge is -2.56. The molecule has 0 unspecified atom stereocenters. The number of hydrogen-bond acceptors (Lipinski definition) is 5. The number of H-pyrrole nitrogens is 1. The zero-order valence-corrected chi connectivity index (χ0v) is 26.9. The van der Waals surface area contributed by atoms with Crippen LogP contribution in [0.1, 0.15) is 56.7 Å². The van der Waals surface area contributed by atoms with Crippen molar-refractivity contribution in [2.75, 3.05) is 59.9 Å². The Hall–Kier alpha value is -3.11. The molecule has 0 spiro atoms. The van der Waals surface area contributed by atoms with Gasteiger partial charge in [0.15, 0.2) is 0 Å². The van der Waals surface area contributed by atoms with E-state index >= 15 is 0 Å². The van der Waals surface area contributed by atoms with Crippen LogP contribution in [0.5, 0.6) is 0 Å². The quantitative estimate of drug-likeness (QED) is 0.417. The predicted molar refractivity (Wildman–Crippen MR) is 169 cm³/mol.